The van der Waals surface area contributed by atoms with E-state index in [4.69, 9.17) is 5.73 Å². The quantitative estimate of drug-likeness (QED) is 0.853. The molecule has 1 aromatic heterocycles. The number of aromatic nitrogens is 2. The molecule has 0 aliphatic heterocycles. The predicted octanol–water partition coefficient (Wildman–Crippen LogP) is 3.55. The smallest absolute Gasteiger partial charge is 0.0492 e. The lowest BCUT2D eigenvalue weighted by Gasteiger charge is -2.36. The van der Waals surface area contributed by atoms with Gasteiger partial charge < -0.3 is 5.73 Å². The SMILES string of the molecule is CCCC1CCC(CN)C(c2ccnn2CCC)C1. The second-order valence-corrected chi connectivity index (χ2v) is 6.05. The Hall–Kier alpha value is -0.830. The van der Waals surface area contributed by atoms with Gasteiger partial charge in [-0.25, -0.2) is 0 Å². The van der Waals surface area contributed by atoms with Gasteiger partial charge in [-0.1, -0.05) is 33.1 Å². The van der Waals surface area contributed by atoms with E-state index in [0.29, 0.717) is 11.8 Å². The lowest BCUT2D eigenvalue weighted by molar-refractivity contribution is 0.222. The highest BCUT2D eigenvalue weighted by Gasteiger charge is 2.32. The van der Waals surface area contributed by atoms with Gasteiger partial charge in [-0.3, -0.25) is 4.68 Å². The molecule has 0 bridgehead atoms. The summed E-state index contributed by atoms with van der Waals surface area (Å²) in [6.45, 7) is 6.37. The molecular formula is C16H29N3. The minimum absolute atomic E-state index is 0.629. The second kappa shape index (κ2) is 7.09. The fraction of sp³-hybridized carbons (Fsp3) is 0.812. The normalized spacial score (nSPS) is 27.6. The maximum absolute atomic E-state index is 6.01. The summed E-state index contributed by atoms with van der Waals surface area (Å²) in [5.41, 5.74) is 7.44. The fourth-order valence-corrected chi connectivity index (χ4v) is 3.69. The number of nitrogens with zero attached hydrogens (tertiary/aromatic N) is 2. The van der Waals surface area contributed by atoms with E-state index in [2.05, 4.69) is 29.7 Å². The molecule has 1 saturated carbocycles. The maximum atomic E-state index is 6.01. The lowest BCUT2D eigenvalue weighted by Crippen LogP contribution is -2.30. The number of aryl methyl sites for hydroxylation is 1. The number of hydrogen-bond donors (Lipinski definition) is 1. The van der Waals surface area contributed by atoms with Crippen LogP contribution >= 0.6 is 0 Å². The molecule has 3 heteroatoms. The summed E-state index contributed by atoms with van der Waals surface area (Å²) >= 11 is 0. The van der Waals surface area contributed by atoms with Crippen LogP contribution < -0.4 is 5.73 Å². The Kier molecular flexibility index (Phi) is 5.44. The van der Waals surface area contributed by atoms with Gasteiger partial charge in [0.2, 0.25) is 0 Å². The standard InChI is InChI=1S/C16H29N3/c1-3-5-13-6-7-14(12-17)15(11-13)16-8-9-18-19(16)10-4-2/h8-9,13-15H,3-7,10-12,17H2,1-2H3. The molecule has 0 radical (unpaired) electrons. The number of nitrogens with two attached hydrogens (primary N) is 1. The van der Waals surface area contributed by atoms with Crippen molar-refractivity contribution in [3.8, 4) is 0 Å². The summed E-state index contributed by atoms with van der Waals surface area (Å²) in [5.74, 6) is 2.17. The van der Waals surface area contributed by atoms with Gasteiger partial charge in [0.25, 0.3) is 0 Å². The van der Waals surface area contributed by atoms with Gasteiger partial charge in [-0.05, 0) is 43.7 Å². The first kappa shape index (κ1) is 14.6. The zero-order chi connectivity index (χ0) is 13.7. The summed E-state index contributed by atoms with van der Waals surface area (Å²) in [5, 5.41) is 4.50. The van der Waals surface area contributed by atoms with Gasteiger partial charge in [-0.15, -0.1) is 0 Å². The van der Waals surface area contributed by atoms with Gasteiger partial charge in [0.05, 0.1) is 0 Å². The van der Waals surface area contributed by atoms with E-state index in [0.717, 1.165) is 25.4 Å². The van der Waals surface area contributed by atoms with E-state index in [-0.39, 0.29) is 0 Å². The monoisotopic (exact) mass is 263 g/mol. The highest BCUT2D eigenvalue weighted by Crippen LogP contribution is 2.41. The molecule has 1 aromatic rings. The highest BCUT2D eigenvalue weighted by atomic mass is 15.3. The fourth-order valence-electron chi connectivity index (χ4n) is 3.69. The molecular weight excluding hydrogens is 234 g/mol. The third kappa shape index (κ3) is 3.38. The van der Waals surface area contributed by atoms with Crippen molar-refractivity contribution in [1.29, 1.82) is 0 Å². The van der Waals surface area contributed by atoms with Crippen molar-refractivity contribution >= 4 is 0 Å². The molecule has 1 heterocycles. The van der Waals surface area contributed by atoms with E-state index < -0.39 is 0 Å². The molecule has 0 saturated heterocycles. The third-order valence-corrected chi connectivity index (χ3v) is 4.67. The number of hydrogen-bond acceptors (Lipinski definition) is 2. The lowest BCUT2D eigenvalue weighted by atomic mass is 9.71. The van der Waals surface area contributed by atoms with Crippen molar-refractivity contribution in [2.75, 3.05) is 6.54 Å². The average Bonchev–Trinajstić information content (AvgIpc) is 2.87. The molecule has 1 aliphatic rings. The summed E-state index contributed by atoms with van der Waals surface area (Å²) in [6.07, 6.45) is 9.76. The summed E-state index contributed by atoms with van der Waals surface area (Å²) in [7, 11) is 0. The Balaban J connectivity index is 2.14. The van der Waals surface area contributed by atoms with E-state index in [9.17, 15) is 0 Å². The molecule has 3 unspecified atom stereocenters. The molecule has 3 nitrogen and oxygen atoms in total. The minimum Gasteiger partial charge on any atom is -0.330 e. The first-order valence-electron chi connectivity index (χ1n) is 8.01. The average molecular weight is 263 g/mol. The molecule has 19 heavy (non-hydrogen) atoms. The zero-order valence-electron chi connectivity index (χ0n) is 12.5. The van der Waals surface area contributed by atoms with Crippen molar-refractivity contribution in [3.63, 3.8) is 0 Å². The van der Waals surface area contributed by atoms with Crippen molar-refractivity contribution < 1.29 is 0 Å². The van der Waals surface area contributed by atoms with E-state index >= 15 is 0 Å². The van der Waals surface area contributed by atoms with Crippen molar-refractivity contribution in [1.82, 2.24) is 9.78 Å². The van der Waals surface area contributed by atoms with Gasteiger partial charge in [0.15, 0.2) is 0 Å². The molecule has 0 spiro atoms. The largest absolute Gasteiger partial charge is 0.330 e. The summed E-state index contributed by atoms with van der Waals surface area (Å²) < 4.78 is 2.21. The molecule has 1 fully saturated rings. The van der Waals surface area contributed by atoms with E-state index in [1.165, 1.54) is 37.8 Å². The Bertz CT molecular complexity index is 372. The van der Waals surface area contributed by atoms with Crippen molar-refractivity contribution in [3.05, 3.63) is 18.0 Å². The molecule has 0 amide bonds. The van der Waals surface area contributed by atoms with Crippen LogP contribution in [-0.2, 0) is 6.54 Å². The highest BCUT2D eigenvalue weighted by molar-refractivity contribution is 5.11. The van der Waals surface area contributed by atoms with Crippen LogP contribution in [0.1, 0.15) is 64.0 Å². The van der Waals surface area contributed by atoms with Crippen LogP contribution in [0.2, 0.25) is 0 Å². The minimum atomic E-state index is 0.629. The van der Waals surface area contributed by atoms with Crippen molar-refractivity contribution in [2.45, 2.75) is 64.8 Å². The molecule has 1 aliphatic carbocycles. The van der Waals surface area contributed by atoms with Crippen LogP contribution in [0.5, 0.6) is 0 Å². The first-order valence-corrected chi connectivity index (χ1v) is 8.01. The Morgan fingerprint density at radius 2 is 2.16 bits per heavy atom. The van der Waals surface area contributed by atoms with Crippen LogP contribution in [-0.4, -0.2) is 16.3 Å². The van der Waals surface area contributed by atoms with Crippen LogP contribution in [0.25, 0.3) is 0 Å². The molecule has 0 aromatic carbocycles. The van der Waals surface area contributed by atoms with Gasteiger partial charge in [-0.2, -0.15) is 5.10 Å². The van der Waals surface area contributed by atoms with E-state index in [1.807, 2.05) is 6.20 Å². The predicted molar refractivity (Wildman–Crippen MR) is 80.1 cm³/mol. The second-order valence-electron chi connectivity index (χ2n) is 6.05. The Morgan fingerprint density at radius 3 is 2.84 bits per heavy atom. The van der Waals surface area contributed by atoms with Crippen LogP contribution in [0.15, 0.2) is 12.3 Å². The summed E-state index contributed by atoms with van der Waals surface area (Å²) in [4.78, 5) is 0. The number of rotatable bonds is 6. The van der Waals surface area contributed by atoms with Crippen molar-refractivity contribution in [2.24, 2.45) is 17.6 Å². The van der Waals surface area contributed by atoms with Gasteiger partial charge in [0, 0.05) is 24.4 Å². The zero-order valence-corrected chi connectivity index (χ0v) is 12.5. The van der Waals surface area contributed by atoms with E-state index in [1.54, 1.807) is 0 Å². The van der Waals surface area contributed by atoms with Crippen LogP contribution in [0.3, 0.4) is 0 Å². The topological polar surface area (TPSA) is 43.8 Å². The first-order chi connectivity index (χ1) is 9.30. The molecule has 3 atom stereocenters. The van der Waals surface area contributed by atoms with Gasteiger partial charge >= 0.3 is 0 Å². The molecule has 2 N–H and O–H groups in total. The Labute approximate surface area is 117 Å². The Morgan fingerprint density at radius 1 is 1.32 bits per heavy atom. The maximum Gasteiger partial charge on any atom is 0.0492 e. The van der Waals surface area contributed by atoms with Gasteiger partial charge in [0.1, 0.15) is 0 Å². The van der Waals surface area contributed by atoms with Crippen LogP contribution in [0, 0.1) is 11.8 Å². The molecule has 2 rings (SSSR count). The third-order valence-electron chi connectivity index (χ3n) is 4.67. The summed E-state index contributed by atoms with van der Waals surface area (Å²) in [6, 6.07) is 2.22. The molecule has 108 valence electrons. The van der Waals surface area contributed by atoms with Crippen LogP contribution in [0.4, 0.5) is 0 Å².